The number of hydrogen-bond donors (Lipinski definition) is 1. The zero-order valence-electron chi connectivity index (χ0n) is 17.0. The van der Waals surface area contributed by atoms with E-state index in [2.05, 4.69) is 14.7 Å². The van der Waals surface area contributed by atoms with Gasteiger partial charge in [-0.05, 0) is 29.2 Å². The first-order chi connectivity index (χ1) is 15.1. The topological polar surface area (TPSA) is 95.3 Å². The summed E-state index contributed by atoms with van der Waals surface area (Å²) in [5, 5.41) is 2.84. The van der Waals surface area contributed by atoms with Crippen LogP contribution in [0.5, 0.6) is 11.5 Å². The molecule has 1 amide bonds. The SMILES string of the molecule is COc1ccc(CNC(=O)c2snc3c(=O)n(Cc4ccccc4)cnc23)c(OC)c1. The van der Waals surface area contributed by atoms with Crippen LogP contribution in [0.15, 0.2) is 59.7 Å². The fraction of sp³-hybridized carbons (Fsp3) is 0.182. The molecule has 9 heteroatoms. The smallest absolute Gasteiger partial charge is 0.281 e. The zero-order chi connectivity index (χ0) is 21.8. The maximum atomic E-state index is 12.8. The zero-order valence-corrected chi connectivity index (χ0v) is 17.8. The van der Waals surface area contributed by atoms with E-state index in [-0.39, 0.29) is 23.5 Å². The number of hydrogen-bond acceptors (Lipinski definition) is 7. The number of benzene rings is 2. The number of aromatic nitrogens is 3. The molecule has 8 nitrogen and oxygen atoms in total. The molecule has 0 fully saturated rings. The second-order valence-corrected chi connectivity index (χ2v) is 7.51. The van der Waals surface area contributed by atoms with Crippen molar-refractivity contribution in [2.45, 2.75) is 13.1 Å². The molecule has 0 saturated heterocycles. The van der Waals surface area contributed by atoms with Gasteiger partial charge < -0.3 is 14.8 Å². The van der Waals surface area contributed by atoms with Crippen molar-refractivity contribution >= 4 is 28.5 Å². The van der Waals surface area contributed by atoms with Gasteiger partial charge in [0.25, 0.3) is 11.5 Å². The molecule has 31 heavy (non-hydrogen) atoms. The molecule has 0 radical (unpaired) electrons. The van der Waals surface area contributed by atoms with Crippen LogP contribution in [0.1, 0.15) is 20.8 Å². The highest BCUT2D eigenvalue weighted by Crippen LogP contribution is 2.25. The summed E-state index contributed by atoms with van der Waals surface area (Å²) in [4.78, 5) is 30.2. The molecule has 2 aromatic carbocycles. The lowest BCUT2D eigenvalue weighted by Gasteiger charge is -2.11. The number of methoxy groups -OCH3 is 2. The fourth-order valence-electron chi connectivity index (χ4n) is 3.16. The molecule has 4 rings (SSSR count). The molecule has 0 aliphatic rings. The minimum Gasteiger partial charge on any atom is -0.497 e. The van der Waals surface area contributed by atoms with E-state index in [0.717, 1.165) is 22.7 Å². The van der Waals surface area contributed by atoms with E-state index in [1.807, 2.05) is 36.4 Å². The van der Waals surface area contributed by atoms with E-state index in [1.54, 1.807) is 26.4 Å². The summed E-state index contributed by atoms with van der Waals surface area (Å²) in [5.41, 5.74) is 1.99. The first kappa shape index (κ1) is 20.5. The number of nitrogens with one attached hydrogen (secondary N) is 1. The lowest BCUT2D eigenvalue weighted by Crippen LogP contribution is -2.24. The quantitative estimate of drug-likeness (QED) is 0.479. The van der Waals surface area contributed by atoms with E-state index < -0.39 is 0 Å². The van der Waals surface area contributed by atoms with Crippen LogP contribution in [0, 0.1) is 0 Å². The third kappa shape index (κ3) is 4.26. The Bertz CT molecular complexity index is 1280. The average molecular weight is 436 g/mol. The van der Waals surface area contributed by atoms with Crippen LogP contribution < -0.4 is 20.3 Å². The van der Waals surface area contributed by atoms with Crippen LogP contribution in [-0.2, 0) is 13.1 Å². The maximum Gasteiger partial charge on any atom is 0.281 e. The lowest BCUT2D eigenvalue weighted by molar-refractivity contribution is 0.0956. The molecule has 0 aliphatic carbocycles. The minimum absolute atomic E-state index is 0.190. The predicted molar refractivity (Wildman–Crippen MR) is 118 cm³/mol. The molecule has 2 heterocycles. The Hall–Kier alpha value is -3.72. The van der Waals surface area contributed by atoms with Crippen molar-refractivity contribution in [3.05, 3.63) is 81.2 Å². The van der Waals surface area contributed by atoms with E-state index in [0.29, 0.717) is 28.4 Å². The molecule has 0 bridgehead atoms. The van der Waals surface area contributed by atoms with E-state index in [9.17, 15) is 9.59 Å². The molecule has 0 spiro atoms. The summed E-state index contributed by atoms with van der Waals surface area (Å²) in [6, 6.07) is 15.0. The van der Waals surface area contributed by atoms with Gasteiger partial charge in [-0.2, -0.15) is 4.37 Å². The molecule has 0 saturated carbocycles. The highest BCUT2D eigenvalue weighted by Gasteiger charge is 2.19. The highest BCUT2D eigenvalue weighted by atomic mass is 32.1. The molecule has 158 valence electrons. The third-order valence-corrected chi connectivity index (χ3v) is 5.63. The van der Waals surface area contributed by atoms with Gasteiger partial charge in [-0.1, -0.05) is 30.3 Å². The Morgan fingerprint density at radius 1 is 1.10 bits per heavy atom. The van der Waals surface area contributed by atoms with Crippen LogP contribution in [-0.4, -0.2) is 34.1 Å². The van der Waals surface area contributed by atoms with Crippen LogP contribution in [0.4, 0.5) is 0 Å². The number of carbonyl (C=O) groups is 1. The number of ether oxygens (including phenoxy) is 2. The highest BCUT2D eigenvalue weighted by molar-refractivity contribution is 7.09. The van der Waals surface area contributed by atoms with E-state index in [1.165, 1.54) is 10.9 Å². The molecular formula is C22H20N4O4S. The Morgan fingerprint density at radius 2 is 1.90 bits per heavy atom. The molecule has 1 N–H and O–H groups in total. The van der Waals surface area contributed by atoms with Gasteiger partial charge in [0.1, 0.15) is 21.9 Å². The Balaban J connectivity index is 1.54. The van der Waals surface area contributed by atoms with Crippen molar-refractivity contribution in [2.24, 2.45) is 0 Å². The summed E-state index contributed by atoms with van der Waals surface area (Å²) in [6.07, 6.45) is 1.45. The maximum absolute atomic E-state index is 12.8. The molecule has 0 unspecified atom stereocenters. The van der Waals surface area contributed by atoms with Crippen LogP contribution >= 0.6 is 11.5 Å². The van der Waals surface area contributed by atoms with Crippen LogP contribution in [0.3, 0.4) is 0 Å². The molecule has 0 atom stereocenters. The monoisotopic (exact) mass is 436 g/mol. The van der Waals surface area contributed by atoms with Crippen molar-refractivity contribution in [3.8, 4) is 11.5 Å². The number of carbonyl (C=O) groups excluding carboxylic acids is 1. The van der Waals surface area contributed by atoms with Crippen LogP contribution in [0.2, 0.25) is 0 Å². The van der Waals surface area contributed by atoms with Gasteiger partial charge in [0.15, 0.2) is 5.52 Å². The summed E-state index contributed by atoms with van der Waals surface area (Å²) < 4.78 is 16.2. The Labute approximate surface area is 182 Å². The number of fused-ring (bicyclic) bond motifs is 1. The van der Waals surface area contributed by atoms with E-state index >= 15 is 0 Å². The largest absolute Gasteiger partial charge is 0.497 e. The summed E-state index contributed by atoms with van der Waals surface area (Å²) in [5.74, 6) is 0.921. The van der Waals surface area contributed by atoms with Crippen molar-refractivity contribution in [2.75, 3.05) is 14.2 Å². The van der Waals surface area contributed by atoms with Gasteiger partial charge in [-0.25, -0.2) is 4.98 Å². The normalized spacial score (nSPS) is 10.8. The van der Waals surface area contributed by atoms with Crippen LogP contribution in [0.25, 0.3) is 11.0 Å². The lowest BCUT2D eigenvalue weighted by atomic mass is 10.2. The first-order valence-electron chi connectivity index (χ1n) is 9.48. The predicted octanol–water partition coefficient (Wildman–Crippen LogP) is 2.85. The fourth-order valence-corrected chi connectivity index (χ4v) is 3.89. The Kier molecular flexibility index (Phi) is 5.94. The summed E-state index contributed by atoms with van der Waals surface area (Å²) in [7, 11) is 3.13. The summed E-state index contributed by atoms with van der Waals surface area (Å²) in [6.45, 7) is 0.634. The van der Waals surface area contributed by atoms with Crippen molar-refractivity contribution < 1.29 is 14.3 Å². The third-order valence-electron chi connectivity index (χ3n) is 4.79. The number of nitrogens with zero attached hydrogens (tertiary/aromatic N) is 3. The van der Waals surface area contributed by atoms with Gasteiger partial charge in [0.2, 0.25) is 0 Å². The van der Waals surface area contributed by atoms with E-state index in [4.69, 9.17) is 9.47 Å². The van der Waals surface area contributed by atoms with Gasteiger partial charge in [0, 0.05) is 18.2 Å². The van der Waals surface area contributed by atoms with Gasteiger partial charge in [-0.15, -0.1) is 0 Å². The molecule has 0 aliphatic heterocycles. The van der Waals surface area contributed by atoms with Gasteiger partial charge >= 0.3 is 0 Å². The number of rotatable bonds is 7. The van der Waals surface area contributed by atoms with Gasteiger partial charge in [-0.3, -0.25) is 14.2 Å². The average Bonchev–Trinajstić information content (AvgIpc) is 3.25. The first-order valence-corrected chi connectivity index (χ1v) is 10.3. The second kappa shape index (κ2) is 8.97. The molecule has 4 aromatic rings. The molecule has 2 aromatic heterocycles. The number of amides is 1. The summed E-state index contributed by atoms with van der Waals surface area (Å²) >= 11 is 0.962. The van der Waals surface area contributed by atoms with Crippen molar-refractivity contribution in [1.82, 2.24) is 19.2 Å². The molecular weight excluding hydrogens is 416 g/mol. The Morgan fingerprint density at radius 3 is 2.65 bits per heavy atom. The second-order valence-electron chi connectivity index (χ2n) is 6.73. The van der Waals surface area contributed by atoms with Gasteiger partial charge in [0.05, 0.1) is 27.1 Å². The standard InChI is InChI=1S/C22H20N4O4S/c1-29-16-9-8-15(17(10-16)30-2)11-23-21(27)20-18-19(25-31-20)22(28)26(13-24-18)12-14-6-4-3-5-7-14/h3-10,13H,11-12H2,1-2H3,(H,23,27). The minimum atomic E-state index is -0.349. The van der Waals surface area contributed by atoms with Crippen molar-refractivity contribution in [1.29, 1.82) is 0 Å². The van der Waals surface area contributed by atoms with Crippen molar-refractivity contribution in [3.63, 3.8) is 0 Å².